The van der Waals surface area contributed by atoms with Crippen LogP contribution in [0.4, 0.5) is 17.3 Å². The molecule has 2 atom stereocenters. The molecule has 212 valence electrons. The van der Waals surface area contributed by atoms with Crippen LogP contribution in [0.5, 0.6) is 0 Å². The molecule has 0 amide bonds. The van der Waals surface area contributed by atoms with Crippen LogP contribution in [0.3, 0.4) is 0 Å². The highest BCUT2D eigenvalue weighted by atomic mass is 35.5. The van der Waals surface area contributed by atoms with Crippen molar-refractivity contribution >= 4 is 49.5 Å². The van der Waals surface area contributed by atoms with Crippen molar-refractivity contribution in [3.05, 3.63) is 53.6 Å². The quantitative estimate of drug-likeness (QED) is 0.279. The van der Waals surface area contributed by atoms with Gasteiger partial charge in [-0.05, 0) is 49.0 Å². The fourth-order valence-corrected chi connectivity index (χ4v) is 6.63. The lowest BCUT2D eigenvalue weighted by atomic mass is 9.88. The summed E-state index contributed by atoms with van der Waals surface area (Å²) < 4.78 is 25.5. The number of hydrogen-bond donors (Lipinski definition) is 2. The van der Waals surface area contributed by atoms with E-state index in [-0.39, 0.29) is 17.7 Å². The first kappa shape index (κ1) is 28.3. The molecule has 4 heterocycles. The van der Waals surface area contributed by atoms with E-state index in [1.165, 1.54) is 11.8 Å². The van der Waals surface area contributed by atoms with Crippen LogP contribution in [0.15, 0.2) is 42.9 Å². The van der Waals surface area contributed by atoms with Crippen molar-refractivity contribution < 1.29 is 8.42 Å². The normalized spacial score (nSPS) is 17.4. The number of hydrogen-bond acceptors (Lipinski definition) is 9. The Morgan fingerprint density at radius 2 is 1.95 bits per heavy atom. The third-order valence-electron chi connectivity index (χ3n) is 7.43. The summed E-state index contributed by atoms with van der Waals surface area (Å²) in [6, 6.07) is 8.28. The first-order chi connectivity index (χ1) is 19.0. The summed E-state index contributed by atoms with van der Waals surface area (Å²) in [5.41, 5.74) is 2.96. The largest absolute Gasteiger partial charge is 0.368 e. The smallest absolute Gasteiger partial charge is 0.166 e. The summed E-state index contributed by atoms with van der Waals surface area (Å²) in [5.74, 6) is 2.39. The minimum Gasteiger partial charge on any atom is -0.368 e. The fraction of sp³-hybridized carbons (Fsp3) is 0.429. The number of sulfone groups is 1. The molecule has 40 heavy (non-hydrogen) atoms. The number of aromatic nitrogens is 5. The fourth-order valence-electron chi connectivity index (χ4n) is 5.23. The van der Waals surface area contributed by atoms with E-state index < -0.39 is 9.84 Å². The molecule has 3 aromatic heterocycles. The second-order valence-electron chi connectivity index (χ2n) is 10.8. The second kappa shape index (κ2) is 11.3. The van der Waals surface area contributed by atoms with E-state index in [0.29, 0.717) is 47.2 Å². The Morgan fingerprint density at radius 1 is 1.15 bits per heavy atom. The van der Waals surface area contributed by atoms with Crippen LogP contribution >= 0.6 is 11.6 Å². The molecule has 1 fully saturated rings. The number of rotatable bonds is 10. The summed E-state index contributed by atoms with van der Waals surface area (Å²) >= 11 is 6.39. The maximum atomic E-state index is 11.8. The van der Waals surface area contributed by atoms with Gasteiger partial charge in [-0.25, -0.2) is 23.4 Å². The van der Waals surface area contributed by atoms with E-state index >= 15 is 0 Å². The summed E-state index contributed by atoms with van der Waals surface area (Å²) in [4.78, 5) is 16.1. The summed E-state index contributed by atoms with van der Waals surface area (Å²) in [7, 11) is -1.13. The van der Waals surface area contributed by atoms with E-state index in [1.807, 2.05) is 19.4 Å². The Labute approximate surface area is 240 Å². The first-order valence-corrected chi connectivity index (χ1v) is 15.8. The molecule has 1 aliphatic heterocycles. The van der Waals surface area contributed by atoms with Gasteiger partial charge in [0.2, 0.25) is 0 Å². The van der Waals surface area contributed by atoms with E-state index in [1.54, 1.807) is 16.9 Å². The lowest BCUT2D eigenvalue weighted by Crippen LogP contribution is -2.57. The van der Waals surface area contributed by atoms with Gasteiger partial charge in [0, 0.05) is 61.0 Å². The van der Waals surface area contributed by atoms with Crippen LogP contribution in [-0.2, 0) is 16.4 Å². The summed E-state index contributed by atoms with van der Waals surface area (Å²) in [6.45, 7) is 8.60. The van der Waals surface area contributed by atoms with Crippen LogP contribution in [0, 0.1) is 5.92 Å². The number of likely N-dealkylation sites (N-methyl/N-ethyl adjacent to an activating group) is 1. The van der Waals surface area contributed by atoms with E-state index in [9.17, 15) is 8.42 Å². The Bertz CT molecular complexity index is 1640. The number of halogens is 1. The molecule has 1 aromatic carbocycles. The van der Waals surface area contributed by atoms with Gasteiger partial charge in [0.05, 0.1) is 17.9 Å². The van der Waals surface area contributed by atoms with Crippen molar-refractivity contribution in [3.63, 3.8) is 0 Å². The molecular formula is C28H35ClN8O2S. The topological polar surface area (TPSA) is 118 Å². The Balaban J connectivity index is 1.43. The number of nitrogens with zero attached hydrogens (tertiary/aromatic N) is 6. The zero-order chi connectivity index (χ0) is 28.6. The molecule has 0 saturated carbocycles. The minimum absolute atomic E-state index is 0.125. The van der Waals surface area contributed by atoms with Gasteiger partial charge in [-0.15, -0.1) is 0 Å². The number of benzene rings is 1. The molecule has 0 aliphatic carbocycles. The molecule has 0 unspecified atom stereocenters. The lowest BCUT2D eigenvalue weighted by Gasteiger charge is -2.48. The zero-order valence-electron chi connectivity index (χ0n) is 23.4. The molecule has 12 heteroatoms. The highest BCUT2D eigenvalue weighted by Gasteiger charge is 2.38. The predicted octanol–water partition coefficient (Wildman–Crippen LogP) is 4.50. The van der Waals surface area contributed by atoms with Gasteiger partial charge >= 0.3 is 0 Å². The minimum atomic E-state index is -3.02. The standard InChI is InChI=1S/C28H35ClN8O2S/c1-17(2)20-6-7-24(37-14-19(18(37)3)16-40(5,38)39)22-13-32-26(12-21(20)22)33-25-8-9-31-28(34-25)23-15-36(11-10-30-4)35-27(23)29/h6-9,12-13,15,17-19,30H,10-11,14,16H2,1-5H3,(H,31,32,33,34)/t18-,19-/m1/s1. The third-order valence-corrected chi connectivity index (χ3v) is 8.74. The highest BCUT2D eigenvalue weighted by Crippen LogP contribution is 2.39. The molecular weight excluding hydrogens is 548 g/mol. The average Bonchev–Trinajstić information content (AvgIpc) is 3.28. The Morgan fingerprint density at radius 3 is 2.65 bits per heavy atom. The average molecular weight is 583 g/mol. The van der Waals surface area contributed by atoms with Gasteiger partial charge in [0.15, 0.2) is 11.0 Å². The van der Waals surface area contributed by atoms with Gasteiger partial charge < -0.3 is 15.5 Å². The van der Waals surface area contributed by atoms with Crippen molar-refractivity contribution in [1.82, 2.24) is 30.0 Å². The van der Waals surface area contributed by atoms with E-state index in [2.05, 4.69) is 69.6 Å². The van der Waals surface area contributed by atoms with Crippen molar-refractivity contribution in [2.24, 2.45) is 5.92 Å². The maximum absolute atomic E-state index is 11.8. The Kier molecular flexibility index (Phi) is 7.98. The summed E-state index contributed by atoms with van der Waals surface area (Å²) in [5, 5.41) is 13.3. The maximum Gasteiger partial charge on any atom is 0.166 e. The molecule has 1 saturated heterocycles. The molecule has 2 N–H and O–H groups in total. The molecule has 0 spiro atoms. The van der Waals surface area contributed by atoms with Crippen molar-refractivity contribution in [3.8, 4) is 11.4 Å². The molecule has 0 radical (unpaired) electrons. The molecule has 1 aliphatic rings. The number of anilines is 3. The SMILES string of the molecule is CNCCn1cc(-c2nccc(Nc3cc4c(C(C)C)ccc(N5C[C@H](CS(C)(=O)=O)[C@H]5C)c4cn3)n2)c(Cl)n1. The highest BCUT2D eigenvalue weighted by molar-refractivity contribution is 7.90. The monoisotopic (exact) mass is 582 g/mol. The summed E-state index contributed by atoms with van der Waals surface area (Å²) in [6.07, 6.45) is 6.73. The number of nitrogens with one attached hydrogen (secondary N) is 2. The van der Waals surface area contributed by atoms with Crippen LogP contribution in [0.1, 0.15) is 32.3 Å². The van der Waals surface area contributed by atoms with Crippen molar-refractivity contribution in [2.75, 3.05) is 42.4 Å². The van der Waals surface area contributed by atoms with Gasteiger partial charge in [-0.1, -0.05) is 31.5 Å². The number of pyridine rings is 1. The molecule has 10 nitrogen and oxygen atoms in total. The molecule has 4 aromatic rings. The van der Waals surface area contributed by atoms with Crippen LogP contribution in [0.2, 0.25) is 5.15 Å². The van der Waals surface area contributed by atoms with Crippen molar-refractivity contribution in [1.29, 1.82) is 0 Å². The number of fused-ring (bicyclic) bond motifs is 1. The third kappa shape index (κ3) is 5.91. The van der Waals surface area contributed by atoms with Gasteiger partial charge in [0.1, 0.15) is 21.5 Å². The lowest BCUT2D eigenvalue weighted by molar-refractivity contribution is 0.342. The van der Waals surface area contributed by atoms with Gasteiger partial charge in [-0.3, -0.25) is 4.68 Å². The predicted molar refractivity (Wildman–Crippen MR) is 161 cm³/mol. The Hall–Kier alpha value is -3.28. The van der Waals surface area contributed by atoms with Gasteiger partial charge in [-0.2, -0.15) is 5.10 Å². The first-order valence-electron chi connectivity index (χ1n) is 13.4. The van der Waals surface area contributed by atoms with Crippen molar-refractivity contribution in [2.45, 2.75) is 39.3 Å². The van der Waals surface area contributed by atoms with E-state index in [0.717, 1.165) is 23.0 Å². The van der Waals surface area contributed by atoms with Crippen LogP contribution in [0.25, 0.3) is 22.2 Å². The van der Waals surface area contributed by atoms with E-state index in [4.69, 9.17) is 16.6 Å². The van der Waals surface area contributed by atoms with Crippen LogP contribution in [-0.4, -0.2) is 71.3 Å². The zero-order valence-corrected chi connectivity index (χ0v) is 25.0. The van der Waals surface area contributed by atoms with Gasteiger partial charge in [0.25, 0.3) is 0 Å². The van der Waals surface area contributed by atoms with Crippen LogP contribution < -0.4 is 15.5 Å². The molecule has 5 rings (SSSR count). The molecule has 0 bridgehead atoms. The second-order valence-corrected chi connectivity index (χ2v) is 13.3.